The second-order valence-corrected chi connectivity index (χ2v) is 6.05. The smallest absolute Gasteiger partial charge is 0.272 e. The van der Waals surface area contributed by atoms with Gasteiger partial charge in [0.05, 0.1) is 18.5 Å². The van der Waals surface area contributed by atoms with Crippen LogP contribution < -0.4 is 15.4 Å². The summed E-state index contributed by atoms with van der Waals surface area (Å²) in [5.74, 6) is -2.37. The quantitative estimate of drug-likeness (QED) is 0.626. The first kappa shape index (κ1) is 17.8. The second-order valence-electron chi connectivity index (χ2n) is 6.05. The minimum atomic E-state index is -2.98. The molecule has 4 nitrogen and oxygen atoms in total. The number of benzene rings is 1. The van der Waals surface area contributed by atoms with Gasteiger partial charge in [0.15, 0.2) is 6.23 Å². The van der Waals surface area contributed by atoms with Gasteiger partial charge in [-0.3, -0.25) is 0 Å². The molecular weight excluding hydrogens is 302 g/mol. The van der Waals surface area contributed by atoms with E-state index in [0.29, 0.717) is 23.5 Å². The lowest BCUT2D eigenvalue weighted by Crippen LogP contribution is -2.53. The van der Waals surface area contributed by atoms with E-state index in [1.807, 2.05) is 0 Å². The normalized spacial score (nSPS) is 20.4. The molecule has 1 aliphatic rings. The lowest BCUT2D eigenvalue weighted by Gasteiger charge is -2.37. The van der Waals surface area contributed by atoms with Gasteiger partial charge < -0.3 is 20.5 Å². The highest BCUT2D eigenvalue weighted by molar-refractivity contribution is 5.73. The molecule has 0 spiro atoms. The number of hydrogen-bond acceptors (Lipinski definition) is 4. The number of rotatable bonds is 8. The number of hydrogen-bond donors (Lipinski definition) is 3. The molecule has 3 N–H and O–H groups in total. The molecule has 2 unspecified atom stereocenters. The molecule has 0 saturated heterocycles. The van der Waals surface area contributed by atoms with Crippen molar-refractivity contribution in [3.8, 4) is 5.75 Å². The number of ether oxygens (including phenoxy) is 1. The second kappa shape index (κ2) is 7.81. The van der Waals surface area contributed by atoms with E-state index >= 15 is 0 Å². The Hall–Kier alpha value is -1.56. The first-order valence-corrected chi connectivity index (χ1v) is 8.25. The van der Waals surface area contributed by atoms with Crippen molar-refractivity contribution in [2.75, 3.05) is 17.7 Å². The van der Waals surface area contributed by atoms with Crippen LogP contribution in [-0.4, -0.2) is 30.4 Å². The number of halogens is 2. The summed E-state index contributed by atoms with van der Waals surface area (Å²) in [5, 5.41) is 15.6. The number of unbranched alkanes of at least 4 members (excludes halogenated alkanes) is 4. The average molecular weight is 328 g/mol. The third-order valence-electron chi connectivity index (χ3n) is 4.23. The zero-order valence-corrected chi connectivity index (χ0v) is 13.7. The molecule has 0 fully saturated rings. The molecule has 0 aliphatic carbocycles. The highest BCUT2D eigenvalue weighted by Gasteiger charge is 2.45. The highest BCUT2D eigenvalue weighted by Crippen LogP contribution is 2.37. The van der Waals surface area contributed by atoms with Gasteiger partial charge in [0.2, 0.25) is 0 Å². The van der Waals surface area contributed by atoms with Crippen molar-refractivity contribution in [3.63, 3.8) is 0 Å². The number of methoxy groups -OCH3 is 1. The van der Waals surface area contributed by atoms with E-state index in [0.717, 1.165) is 25.7 Å². The molecular formula is C17H26F2N2O2. The number of aliphatic hydroxyl groups is 1. The molecule has 1 aromatic rings. The van der Waals surface area contributed by atoms with Crippen LogP contribution in [0.3, 0.4) is 0 Å². The summed E-state index contributed by atoms with van der Waals surface area (Å²) in [7, 11) is 1.53. The Balaban J connectivity index is 1.98. The summed E-state index contributed by atoms with van der Waals surface area (Å²) in [4.78, 5) is 0. The van der Waals surface area contributed by atoms with Crippen LogP contribution in [0.2, 0.25) is 0 Å². The number of aliphatic hydroxyl groups excluding tert-OH is 1. The summed E-state index contributed by atoms with van der Waals surface area (Å²) in [5.41, 5.74) is 1.11. The Labute approximate surface area is 136 Å². The molecule has 0 saturated carbocycles. The Bertz CT molecular complexity index is 511. The highest BCUT2D eigenvalue weighted by atomic mass is 19.3. The number of nitrogens with one attached hydrogen (secondary N) is 2. The molecule has 6 heteroatoms. The Morgan fingerprint density at radius 1 is 1.13 bits per heavy atom. The van der Waals surface area contributed by atoms with Crippen LogP contribution in [0, 0.1) is 0 Å². The van der Waals surface area contributed by atoms with Crippen LogP contribution in [0.5, 0.6) is 5.75 Å². The van der Waals surface area contributed by atoms with E-state index in [9.17, 15) is 13.9 Å². The van der Waals surface area contributed by atoms with Crippen molar-refractivity contribution >= 4 is 11.4 Å². The van der Waals surface area contributed by atoms with Crippen LogP contribution in [0.15, 0.2) is 18.2 Å². The third kappa shape index (κ3) is 4.47. The van der Waals surface area contributed by atoms with Crippen LogP contribution in [0.1, 0.15) is 45.4 Å². The molecule has 0 amide bonds. The third-order valence-corrected chi connectivity index (χ3v) is 4.23. The van der Waals surface area contributed by atoms with Crippen LogP contribution >= 0.6 is 0 Å². The van der Waals surface area contributed by atoms with Gasteiger partial charge >= 0.3 is 0 Å². The predicted molar refractivity (Wildman–Crippen MR) is 88.4 cm³/mol. The van der Waals surface area contributed by atoms with Crippen LogP contribution in [0.25, 0.3) is 0 Å². The first-order valence-electron chi connectivity index (χ1n) is 8.25. The zero-order valence-electron chi connectivity index (χ0n) is 13.7. The Kier molecular flexibility index (Phi) is 6.04. The summed E-state index contributed by atoms with van der Waals surface area (Å²) in [6.07, 6.45) is 2.84. The minimum absolute atomic E-state index is 0.224. The maximum Gasteiger partial charge on any atom is 0.272 e. The molecule has 2 atom stereocenters. The average Bonchev–Trinajstić information content (AvgIpc) is 2.53. The first-order chi connectivity index (χ1) is 11.0. The van der Waals surface area contributed by atoms with Gasteiger partial charge in [0.1, 0.15) is 11.8 Å². The summed E-state index contributed by atoms with van der Waals surface area (Å²) in [6, 6.07) is 3.71. The van der Waals surface area contributed by atoms with E-state index in [1.54, 1.807) is 18.2 Å². The molecule has 130 valence electrons. The van der Waals surface area contributed by atoms with Crippen molar-refractivity contribution < 1.29 is 18.6 Å². The molecule has 1 aromatic carbocycles. The summed E-state index contributed by atoms with van der Waals surface area (Å²) < 4.78 is 33.9. The predicted octanol–water partition coefficient (Wildman–Crippen LogP) is 4.22. The molecule has 0 radical (unpaired) electrons. The van der Waals surface area contributed by atoms with Gasteiger partial charge in [-0.25, -0.2) is 8.78 Å². The monoisotopic (exact) mass is 328 g/mol. The number of anilines is 2. The maximum atomic E-state index is 14.4. The van der Waals surface area contributed by atoms with Gasteiger partial charge in [-0.2, -0.15) is 0 Å². The maximum absolute atomic E-state index is 14.4. The fraction of sp³-hybridized carbons (Fsp3) is 0.647. The lowest BCUT2D eigenvalue weighted by molar-refractivity contribution is -0.0599. The van der Waals surface area contributed by atoms with Crippen molar-refractivity contribution in [2.24, 2.45) is 0 Å². The zero-order chi connectivity index (χ0) is 16.9. The molecule has 0 bridgehead atoms. The molecule has 0 aromatic heterocycles. The SMILES string of the molecule is CCCCCCCC(F)(F)C1Nc2ccc(OC)cc2NC1O. The largest absolute Gasteiger partial charge is 0.497 e. The van der Waals surface area contributed by atoms with E-state index in [2.05, 4.69) is 17.6 Å². The summed E-state index contributed by atoms with van der Waals surface area (Å²) >= 11 is 0. The van der Waals surface area contributed by atoms with Crippen molar-refractivity contribution in [2.45, 2.75) is 63.6 Å². The molecule has 2 rings (SSSR count). The van der Waals surface area contributed by atoms with Crippen molar-refractivity contribution in [1.82, 2.24) is 0 Å². The van der Waals surface area contributed by atoms with Crippen LogP contribution in [0.4, 0.5) is 20.2 Å². The van der Waals surface area contributed by atoms with Gasteiger partial charge in [-0.1, -0.05) is 32.6 Å². The van der Waals surface area contributed by atoms with Crippen molar-refractivity contribution in [1.29, 1.82) is 0 Å². The Morgan fingerprint density at radius 3 is 2.57 bits per heavy atom. The Morgan fingerprint density at radius 2 is 1.87 bits per heavy atom. The fourth-order valence-electron chi connectivity index (χ4n) is 2.84. The van der Waals surface area contributed by atoms with E-state index in [1.165, 1.54) is 7.11 Å². The minimum Gasteiger partial charge on any atom is -0.497 e. The van der Waals surface area contributed by atoms with Gasteiger partial charge in [0.25, 0.3) is 5.92 Å². The van der Waals surface area contributed by atoms with Gasteiger partial charge in [-0.05, 0) is 18.6 Å². The van der Waals surface area contributed by atoms with Gasteiger partial charge in [-0.15, -0.1) is 0 Å². The standard InChI is InChI=1S/C17H26F2N2O2/c1-3-4-5-6-7-10-17(18,19)15-16(22)21-14-11-12(23-2)8-9-13(14)20-15/h8-9,11,15-16,20-22H,3-7,10H2,1-2H3. The molecule has 1 aliphatic heterocycles. The molecule has 23 heavy (non-hydrogen) atoms. The summed E-state index contributed by atoms with van der Waals surface area (Å²) in [6.45, 7) is 2.09. The van der Waals surface area contributed by atoms with E-state index < -0.39 is 18.2 Å². The van der Waals surface area contributed by atoms with E-state index in [-0.39, 0.29) is 6.42 Å². The topological polar surface area (TPSA) is 53.5 Å². The number of alkyl halides is 2. The van der Waals surface area contributed by atoms with Gasteiger partial charge in [0, 0.05) is 12.5 Å². The van der Waals surface area contributed by atoms with Crippen LogP contribution in [-0.2, 0) is 0 Å². The molecule has 1 heterocycles. The van der Waals surface area contributed by atoms with E-state index in [4.69, 9.17) is 4.74 Å². The fourth-order valence-corrected chi connectivity index (χ4v) is 2.84. The number of fused-ring (bicyclic) bond motifs is 1. The van der Waals surface area contributed by atoms with Crippen molar-refractivity contribution in [3.05, 3.63) is 18.2 Å². The lowest BCUT2D eigenvalue weighted by atomic mass is 9.98.